The first-order chi connectivity index (χ1) is 14.1. The lowest BCUT2D eigenvalue weighted by Gasteiger charge is -2.36. The Kier molecular flexibility index (Phi) is 5.64. The summed E-state index contributed by atoms with van der Waals surface area (Å²) in [6.45, 7) is 4.52. The van der Waals surface area contributed by atoms with Gasteiger partial charge in [0.05, 0.1) is 0 Å². The number of anilines is 1. The predicted octanol–water partition coefficient (Wildman–Crippen LogP) is 2.41. The van der Waals surface area contributed by atoms with Crippen LogP contribution in [0, 0.1) is 5.82 Å². The second kappa shape index (κ2) is 8.51. The third-order valence-corrected chi connectivity index (χ3v) is 5.55. The van der Waals surface area contributed by atoms with Crippen LogP contribution >= 0.6 is 0 Å². The van der Waals surface area contributed by atoms with Gasteiger partial charge in [0, 0.05) is 51.5 Å². The average molecular weight is 396 g/mol. The van der Waals surface area contributed by atoms with Crippen LogP contribution in [0.15, 0.2) is 54.6 Å². The van der Waals surface area contributed by atoms with Crippen molar-refractivity contribution in [3.05, 3.63) is 66.0 Å². The van der Waals surface area contributed by atoms with Crippen LogP contribution in [0.4, 0.5) is 14.9 Å². The normalized spacial score (nSPS) is 17.2. The van der Waals surface area contributed by atoms with Crippen LogP contribution in [0.3, 0.4) is 0 Å². The molecule has 3 amide bonds. The summed E-state index contributed by atoms with van der Waals surface area (Å²) in [5.74, 6) is -0.266. The Labute approximate surface area is 170 Å². The lowest BCUT2D eigenvalue weighted by Crippen LogP contribution is -2.51. The first-order valence-corrected chi connectivity index (χ1v) is 9.96. The number of nitrogens with zero attached hydrogens (tertiary/aromatic N) is 4. The molecule has 0 aromatic heterocycles. The van der Waals surface area contributed by atoms with Gasteiger partial charge in [0.2, 0.25) is 5.91 Å². The highest BCUT2D eigenvalue weighted by Gasteiger charge is 2.31. The number of carbonyl (C=O) groups is 2. The maximum absolute atomic E-state index is 13.1. The molecule has 2 saturated heterocycles. The fraction of sp³-hybridized carbons (Fsp3) is 0.364. The van der Waals surface area contributed by atoms with Crippen molar-refractivity contribution < 1.29 is 14.0 Å². The van der Waals surface area contributed by atoms with Gasteiger partial charge in [-0.2, -0.15) is 0 Å². The SMILES string of the molecule is O=C(CN1CCN(Cc2ccccc2)C1=O)N1CCN(c2ccc(F)cc2)CC1. The second-order valence-corrected chi connectivity index (χ2v) is 7.46. The third-order valence-electron chi connectivity index (χ3n) is 5.55. The van der Waals surface area contributed by atoms with E-state index in [-0.39, 0.29) is 24.3 Å². The number of carbonyl (C=O) groups excluding carboxylic acids is 2. The van der Waals surface area contributed by atoms with Gasteiger partial charge >= 0.3 is 6.03 Å². The van der Waals surface area contributed by atoms with E-state index < -0.39 is 0 Å². The number of halogens is 1. The number of urea groups is 1. The monoisotopic (exact) mass is 396 g/mol. The van der Waals surface area contributed by atoms with Crippen LogP contribution in [-0.2, 0) is 11.3 Å². The first-order valence-electron chi connectivity index (χ1n) is 9.96. The van der Waals surface area contributed by atoms with Gasteiger partial charge in [-0.05, 0) is 29.8 Å². The summed E-state index contributed by atoms with van der Waals surface area (Å²) >= 11 is 0. The van der Waals surface area contributed by atoms with E-state index in [0.717, 1.165) is 11.3 Å². The number of rotatable bonds is 5. The molecule has 0 aliphatic carbocycles. The molecule has 2 aliphatic heterocycles. The van der Waals surface area contributed by atoms with Gasteiger partial charge < -0.3 is 19.6 Å². The molecule has 2 heterocycles. The zero-order valence-corrected chi connectivity index (χ0v) is 16.3. The molecule has 0 bridgehead atoms. The lowest BCUT2D eigenvalue weighted by atomic mass is 10.2. The highest BCUT2D eigenvalue weighted by molar-refractivity contribution is 5.85. The molecule has 2 aromatic rings. The summed E-state index contributed by atoms with van der Waals surface area (Å²) < 4.78 is 13.1. The molecule has 0 atom stereocenters. The van der Waals surface area contributed by atoms with Crippen molar-refractivity contribution in [2.24, 2.45) is 0 Å². The van der Waals surface area contributed by atoms with E-state index in [0.29, 0.717) is 45.8 Å². The fourth-order valence-electron chi connectivity index (χ4n) is 3.86. The van der Waals surface area contributed by atoms with Gasteiger partial charge in [-0.15, -0.1) is 0 Å². The number of piperazine rings is 1. The van der Waals surface area contributed by atoms with Gasteiger partial charge in [-0.1, -0.05) is 30.3 Å². The standard InChI is InChI=1S/C22H25FN4O2/c23-19-6-8-20(9-7-19)24-10-12-25(13-11-24)21(28)17-27-15-14-26(22(27)29)16-18-4-2-1-3-5-18/h1-9H,10-17H2. The summed E-state index contributed by atoms with van der Waals surface area (Å²) in [6, 6.07) is 16.2. The molecule has 0 saturated carbocycles. The fourth-order valence-corrected chi connectivity index (χ4v) is 3.86. The van der Waals surface area contributed by atoms with Crippen LogP contribution < -0.4 is 4.90 Å². The van der Waals surface area contributed by atoms with Gasteiger partial charge in [-0.3, -0.25) is 4.79 Å². The molecule has 152 valence electrons. The Balaban J connectivity index is 1.27. The molecule has 0 spiro atoms. The third kappa shape index (κ3) is 4.50. The van der Waals surface area contributed by atoms with E-state index in [1.165, 1.54) is 12.1 Å². The minimum absolute atomic E-state index is 0.0151. The Bertz CT molecular complexity index is 851. The number of amides is 3. The highest BCUT2D eigenvalue weighted by Crippen LogP contribution is 2.18. The molecule has 2 aliphatic rings. The Hall–Kier alpha value is -3.09. The maximum Gasteiger partial charge on any atom is 0.320 e. The van der Waals surface area contributed by atoms with Gasteiger partial charge in [0.15, 0.2) is 0 Å². The molecule has 2 fully saturated rings. The molecule has 0 N–H and O–H groups in total. The Morgan fingerprint density at radius 3 is 2.17 bits per heavy atom. The molecule has 6 nitrogen and oxygen atoms in total. The zero-order valence-electron chi connectivity index (χ0n) is 16.3. The van der Waals surface area contributed by atoms with Crippen LogP contribution in [0.2, 0.25) is 0 Å². The van der Waals surface area contributed by atoms with Crippen molar-refractivity contribution >= 4 is 17.6 Å². The number of benzene rings is 2. The largest absolute Gasteiger partial charge is 0.368 e. The minimum Gasteiger partial charge on any atom is -0.368 e. The summed E-state index contributed by atoms with van der Waals surface area (Å²) in [7, 11) is 0. The zero-order chi connectivity index (χ0) is 20.2. The average Bonchev–Trinajstić information content (AvgIpc) is 3.09. The number of hydrogen-bond acceptors (Lipinski definition) is 3. The molecule has 7 heteroatoms. The van der Waals surface area contributed by atoms with E-state index in [2.05, 4.69) is 4.90 Å². The van der Waals surface area contributed by atoms with E-state index in [1.807, 2.05) is 35.2 Å². The van der Waals surface area contributed by atoms with Crippen molar-refractivity contribution in [3.63, 3.8) is 0 Å². The van der Waals surface area contributed by atoms with Crippen molar-refractivity contribution in [2.45, 2.75) is 6.54 Å². The van der Waals surface area contributed by atoms with Gasteiger partial charge in [0.1, 0.15) is 12.4 Å². The van der Waals surface area contributed by atoms with E-state index >= 15 is 0 Å². The maximum atomic E-state index is 13.1. The Morgan fingerprint density at radius 1 is 0.828 bits per heavy atom. The molecule has 0 unspecified atom stereocenters. The van der Waals surface area contributed by atoms with Crippen molar-refractivity contribution in [3.8, 4) is 0 Å². The van der Waals surface area contributed by atoms with Crippen molar-refractivity contribution in [2.75, 3.05) is 50.7 Å². The van der Waals surface area contributed by atoms with Gasteiger partial charge in [-0.25, -0.2) is 9.18 Å². The highest BCUT2D eigenvalue weighted by atomic mass is 19.1. The van der Waals surface area contributed by atoms with Crippen molar-refractivity contribution in [1.29, 1.82) is 0 Å². The van der Waals surface area contributed by atoms with Crippen LogP contribution in [0.25, 0.3) is 0 Å². The van der Waals surface area contributed by atoms with Crippen LogP contribution in [0.5, 0.6) is 0 Å². The summed E-state index contributed by atoms with van der Waals surface area (Å²) in [5.41, 5.74) is 2.05. The molecular weight excluding hydrogens is 371 g/mol. The summed E-state index contributed by atoms with van der Waals surface area (Å²) in [6.07, 6.45) is 0. The first kappa shape index (κ1) is 19.2. The number of hydrogen-bond donors (Lipinski definition) is 0. The molecule has 0 radical (unpaired) electrons. The van der Waals surface area contributed by atoms with Crippen LogP contribution in [-0.4, -0.2) is 72.5 Å². The predicted molar refractivity (Wildman–Crippen MR) is 109 cm³/mol. The van der Waals surface area contributed by atoms with E-state index in [9.17, 15) is 14.0 Å². The van der Waals surface area contributed by atoms with Crippen LogP contribution in [0.1, 0.15) is 5.56 Å². The Morgan fingerprint density at radius 2 is 1.48 bits per heavy atom. The van der Waals surface area contributed by atoms with E-state index in [1.54, 1.807) is 21.9 Å². The quantitative estimate of drug-likeness (QED) is 0.780. The van der Waals surface area contributed by atoms with Crippen molar-refractivity contribution in [1.82, 2.24) is 14.7 Å². The topological polar surface area (TPSA) is 47.1 Å². The summed E-state index contributed by atoms with van der Waals surface area (Å²) in [4.78, 5) is 32.7. The van der Waals surface area contributed by atoms with E-state index in [4.69, 9.17) is 0 Å². The summed E-state index contributed by atoms with van der Waals surface area (Å²) in [5, 5.41) is 0. The second-order valence-electron chi connectivity index (χ2n) is 7.46. The van der Waals surface area contributed by atoms with Gasteiger partial charge in [0.25, 0.3) is 0 Å². The lowest BCUT2D eigenvalue weighted by molar-refractivity contribution is -0.131. The molecule has 29 heavy (non-hydrogen) atoms. The molecule has 4 rings (SSSR count). The molecular formula is C22H25FN4O2. The smallest absolute Gasteiger partial charge is 0.320 e. The minimum atomic E-state index is -0.251. The molecule has 2 aromatic carbocycles.